The molecule has 0 aliphatic rings. The molecule has 5 heteroatoms. The number of alkyl halides is 4. The number of nitrogens with zero attached hydrogens (tertiary/aromatic N) is 1. The monoisotopic (exact) mass is 293 g/mol. The fraction of sp³-hybridized carbons (Fsp3) is 0.571. The van der Waals surface area contributed by atoms with Crippen LogP contribution in [0.2, 0.25) is 0 Å². The average Bonchev–Trinajstić information content (AvgIpc) is 2.35. The molecule has 0 aliphatic carbocycles. The predicted molar refractivity (Wildman–Crippen MR) is 72.3 cm³/mol. The molecule has 0 aliphatic heterocycles. The molecule has 0 saturated heterocycles. The fourth-order valence-electron chi connectivity index (χ4n) is 1.88. The zero-order chi connectivity index (χ0) is 14.3. The van der Waals surface area contributed by atoms with Crippen LogP contribution in [0.25, 0.3) is 0 Å². The first kappa shape index (κ1) is 16.3. The molecule has 0 bridgehead atoms. The highest BCUT2D eigenvalue weighted by Gasteiger charge is 2.30. The molecule has 0 N–H and O–H groups in total. The molecule has 0 spiro atoms. The number of benzene rings is 1. The second kappa shape index (κ2) is 7.75. The smallest absolute Gasteiger partial charge is 0.298 e. The van der Waals surface area contributed by atoms with Crippen LogP contribution in [0, 0.1) is 0 Å². The van der Waals surface area contributed by atoms with Crippen molar-refractivity contribution < 1.29 is 13.2 Å². The molecular formula is C14H19ClF3N. The van der Waals surface area contributed by atoms with Crippen molar-refractivity contribution in [1.82, 2.24) is 4.90 Å². The molecule has 1 aromatic rings. The van der Waals surface area contributed by atoms with E-state index in [1.807, 2.05) is 0 Å². The van der Waals surface area contributed by atoms with Crippen molar-refractivity contribution in [3.05, 3.63) is 35.4 Å². The highest BCUT2D eigenvalue weighted by atomic mass is 35.5. The summed E-state index contributed by atoms with van der Waals surface area (Å²) in [4.78, 5) is 2.09. The second-order valence-electron chi connectivity index (χ2n) is 4.52. The molecule has 0 atom stereocenters. The van der Waals surface area contributed by atoms with Gasteiger partial charge in [0, 0.05) is 19.0 Å². The minimum atomic E-state index is -4.28. The van der Waals surface area contributed by atoms with Crippen molar-refractivity contribution >= 4 is 11.6 Å². The average molecular weight is 294 g/mol. The van der Waals surface area contributed by atoms with Crippen LogP contribution in [-0.2, 0) is 12.7 Å². The maximum Gasteiger partial charge on any atom is 0.416 e. The highest BCUT2D eigenvalue weighted by molar-refractivity contribution is 6.18. The van der Waals surface area contributed by atoms with Crippen molar-refractivity contribution in [2.75, 3.05) is 19.0 Å². The predicted octanol–water partition coefficient (Wildman–Crippen LogP) is 4.55. The maximum atomic E-state index is 12.6. The van der Waals surface area contributed by atoms with Crippen molar-refractivity contribution in [1.29, 1.82) is 0 Å². The first-order valence-electron chi connectivity index (χ1n) is 6.41. The first-order valence-corrected chi connectivity index (χ1v) is 6.95. The third-order valence-electron chi connectivity index (χ3n) is 2.89. The Morgan fingerprint density at radius 3 is 2.53 bits per heavy atom. The Balaban J connectivity index is 2.73. The van der Waals surface area contributed by atoms with Gasteiger partial charge >= 0.3 is 6.18 Å². The third kappa shape index (κ3) is 5.83. The van der Waals surface area contributed by atoms with E-state index in [4.69, 9.17) is 11.6 Å². The van der Waals surface area contributed by atoms with Gasteiger partial charge in [0.2, 0.25) is 0 Å². The zero-order valence-corrected chi connectivity index (χ0v) is 11.8. The van der Waals surface area contributed by atoms with Gasteiger partial charge in [-0.25, -0.2) is 0 Å². The van der Waals surface area contributed by atoms with E-state index in [9.17, 15) is 13.2 Å². The molecule has 0 aromatic heterocycles. The first-order chi connectivity index (χ1) is 8.97. The summed E-state index contributed by atoms with van der Waals surface area (Å²) in [6.45, 7) is 4.15. The van der Waals surface area contributed by atoms with Gasteiger partial charge in [-0.2, -0.15) is 13.2 Å². The van der Waals surface area contributed by atoms with Crippen LogP contribution < -0.4 is 0 Å². The normalized spacial score (nSPS) is 12.1. The molecular weight excluding hydrogens is 275 g/mol. The summed E-state index contributed by atoms with van der Waals surface area (Å²) >= 11 is 5.72. The summed E-state index contributed by atoms with van der Waals surface area (Å²) in [6, 6.07) is 5.49. The molecule has 0 saturated carbocycles. The van der Waals surface area contributed by atoms with E-state index >= 15 is 0 Å². The van der Waals surface area contributed by atoms with Gasteiger partial charge in [0.05, 0.1) is 5.56 Å². The van der Waals surface area contributed by atoms with Crippen LogP contribution in [0.4, 0.5) is 13.2 Å². The Labute approximate surface area is 117 Å². The lowest BCUT2D eigenvalue weighted by Gasteiger charge is -2.21. The molecule has 0 unspecified atom stereocenters. The van der Waals surface area contributed by atoms with E-state index in [0.29, 0.717) is 24.5 Å². The van der Waals surface area contributed by atoms with Gasteiger partial charge in [0.15, 0.2) is 0 Å². The van der Waals surface area contributed by atoms with Gasteiger partial charge in [-0.05, 0) is 24.6 Å². The van der Waals surface area contributed by atoms with E-state index in [-0.39, 0.29) is 0 Å². The Bertz CT molecular complexity index is 379. The summed E-state index contributed by atoms with van der Waals surface area (Å²) in [5.74, 6) is 0.489. The van der Waals surface area contributed by atoms with E-state index < -0.39 is 11.7 Å². The lowest BCUT2D eigenvalue weighted by molar-refractivity contribution is -0.137. The summed E-state index contributed by atoms with van der Waals surface area (Å²) in [5.41, 5.74) is 0.0855. The van der Waals surface area contributed by atoms with Crippen LogP contribution in [0.1, 0.15) is 30.9 Å². The topological polar surface area (TPSA) is 3.24 Å². The lowest BCUT2D eigenvalue weighted by Crippen LogP contribution is -2.26. The Morgan fingerprint density at radius 2 is 1.95 bits per heavy atom. The van der Waals surface area contributed by atoms with E-state index in [2.05, 4.69) is 11.8 Å². The van der Waals surface area contributed by atoms with Gasteiger partial charge in [0.25, 0.3) is 0 Å². The molecule has 0 amide bonds. The van der Waals surface area contributed by atoms with Gasteiger partial charge in [-0.3, -0.25) is 4.90 Å². The number of unbranched alkanes of at least 4 members (excludes halogenated alkanes) is 1. The van der Waals surface area contributed by atoms with Crippen LogP contribution >= 0.6 is 11.6 Å². The van der Waals surface area contributed by atoms with Gasteiger partial charge in [-0.1, -0.05) is 31.5 Å². The standard InChI is InChI=1S/C14H19ClF3N/c1-2-3-8-19(9-7-15)11-12-5-4-6-13(10-12)14(16,17)18/h4-6,10H,2-3,7-9,11H2,1H3. The molecule has 0 radical (unpaired) electrons. The number of rotatable bonds is 7. The quantitative estimate of drug-likeness (QED) is 0.667. The SMILES string of the molecule is CCCCN(CCCl)Cc1cccc(C(F)(F)F)c1. The van der Waals surface area contributed by atoms with Gasteiger partial charge in [-0.15, -0.1) is 11.6 Å². The van der Waals surface area contributed by atoms with Crippen LogP contribution in [0.15, 0.2) is 24.3 Å². The summed E-state index contributed by atoms with van der Waals surface area (Å²) in [6.07, 6.45) is -2.20. The van der Waals surface area contributed by atoms with Crippen LogP contribution in [0.3, 0.4) is 0 Å². The third-order valence-corrected chi connectivity index (χ3v) is 3.06. The molecule has 19 heavy (non-hydrogen) atoms. The number of halogens is 4. The lowest BCUT2D eigenvalue weighted by atomic mass is 10.1. The Kier molecular flexibility index (Phi) is 6.66. The number of hydrogen-bond acceptors (Lipinski definition) is 1. The van der Waals surface area contributed by atoms with E-state index in [1.54, 1.807) is 6.07 Å². The largest absolute Gasteiger partial charge is 0.416 e. The second-order valence-corrected chi connectivity index (χ2v) is 4.89. The Morgan fingerprint density at radius 1 is 1.21 bits per heavy atom. The molecule has 0 fully saturated rings. The van der Waals surface area contributed by atoms with Crippen LogP contribution in [-0.4, -0.2) is 23.9 Å². The Hall–Kier alpha value is -0.740. The minimum absolute atomic E-state index is 0.489. The fourth-order valence-corrected chi connectivity index (χ4v) is 2.11. The summed E-state index contributed by atoms with van der Waals surface area (Å²) < 4.78 is 37.9. The molecule has 108 valence electrons. The minimum Gasteiger partial charge on any atom is -0.298 e. The van der Waals surface area contributed by atoms with Crippen molar-refractivity contribution in [2.45, 2.75) is 32.5 Å². The van der Waals surface area contributed by atoms with E-state index in [0.717, 1.165) is 25.5 Å². The zero-order valence-electron chi connectivity index (χ0n) is 11.0. The van der Waals surface area contributed by atoms with Crippen LogP contribution in [0.5, 0.6) is 0 Å². The van der Waals surface area contributed by atoms with Gasteiger partial charge < -0.3 is 0 Å². The molecule has 0 heterocycles. The summed E-state index contributed by atoms with van der Waals surface area (Å²) in [5, 5.41) is 0. The van der Waals surface area contributed by atoms with Crippen molar-refractivity contribution in [3.63, 3.8) is 0 Å². The number of hydrogen-bond donors (Lipinski definition) is 0. The molecule has 1 aromatic carbocycles. The molecule has 1 rings (SSSR count). The van der Waals surface area contributed by atoms with Crippen molar-refractivity contribution in [2.24, 2.45) is 0 Å². The maximum absolute atomic E-state index is 12.6. The summed E-state index contributed by atoms with van der Waals surface area (Å²) in [7, 11) is 0. The molecule has 1 nitrogen and oxygen atoms in total. The van der Waals surface area contributed by atoms with Gasteiger partial charge in [0.1, 0.15) is 0 Å². The van der Waals surface area contributed by atoms with Crippen molar-refractivity contribution in [3.8, 4) is 0 Å². The van der Waals surface area contributed by atoms with E-state index in [1.165, 1.54) is 12.1 Å². The highest BCUT2D eigenvalue weighted by Crippen LogP contribution is 2.29.